The van der Waals surface area contributed by atoms with Crippen molar-refractivity contribution in [3.8, 4) is 5.69 Å². The predicted molar refractivity (Wildman–Crippen MR) is 118 cm³/mol. The molecule has 0 aliphatic heterocycles. The minimum absolute atomic E-state index is 0.279. The largest absolute Gasteiger partial charge is 0.360 e. The molecule has 5 rings (SSSR count). The first kappa shape index (κ1) is 18.9. The van der Waals surface area contributed by atoms with Gasteiger partial charge in [-0.2, -0.15) is 0 Å². The Morgan fingerprint density at radius 3 is 2.68 bits per heavy atom. The van der Waals surface area contributed by atoms with Gasteiger partial charge in [-0.1, -0.05) is 23.8 Å². The molecule has 0 saturated carbocycles. The van der Waals surface area contributed by atoms with E-state index in [-0.39, 0.29) is 11.6 Å². The molecule has 31 heavy (non-hydrogen) atoms. The average Bonchev–Trinajstić information content (AvgIpc) is 3.25. The van der Waals surface area contributed by atoms with Crippen molar-refractivity contribution < 1.29 is 4.39 Å². The van der Waals surface area contributed by atoms with Crippen LogP contribution in [0.3, 0.4) is 0 Å². The summed E-state index contributed by atoms with van der Waals surface area (Å²) in [4.78, 5) is 29.1. The summed E-state index contributed by atoms with van der Waals surface area (Å²) in [7, 11) is 0. The number of hydrogen-bond donors (Lipinski definition) is 2. The lowest BCUT2D eigenvalue weighted by Crippen LogP contribution is -2.25. The number of aryl methyl sites for hydroxylation is 1. The van der Waals surface area contributed by atoms with Crippen LogP contribution < -0.4 is 10.9 Å². The highest BCUT2D eigenvalue weighted by Crippen LogP contribution is 2.26. The van der Waals surface area contributed by atoms with E-state index in [1.165, 1.54) is 18.5 Å². The van der Waals surface area contributed by atoms with E-state index in [2.05, 4.69) is 25.3 Å². The standard InChI is InChI=1S/C23H19FN6O/c1-13-3-7-17(8-4-13)30-19(9-15-5-6-16(24)10-18(15)23(30)31)14(2)29-22-20-21(26-11-25-20)27-12-28-22/h3-12,14H,1-2H3,(H2,25,26,27,28,29)/t14-/m1/s1. The van der Waals surface area contributed by atoms with Gasteiger partial charge in [0.25, 0.3) is 5.56 Å². The highest BCUT2D eigenvalue weighted by atomic mass is 19.1. The van der Waals surface area contributed by atoms with Gasteiger partial charge in [0.1, 0.15) is 17.7 Å². The van der Waals surface area contributed by atoms with Crippen LogP contribution in [0.25, 0.3) is 27.6 Å². The molecule has 0 amide bonds. The lowest BCUT2D eigenvalue weighted by molar-refractivity contribution is 0.629. The zero-order chi connectivity index (χ0) is 21.5. The van der Waals surface area contributed by atoms with Gasteiger partial charge in [-0.15, -0.1) is 0 Å². The maximum atomic E-state index is 13.9. The molecule has 7 nitrogen and oxygen atoms in total. The van der Waals surface area contributed by atoms with E-state index < -0.39 is 5.82 Å². The SMILES string of the molecule is Cc1ccc(-n2c([C@@H](C)Nc3ncnc4nc[nH]c34)cc3ccc(F)cc3c2=O)cc1. The summed E-state index contributed by atoms with van der Waals surface area (Å²) in [5.41, 5.74) is 3.47. The molecule has 2 N–H and O–H groups in total. The Labute approximate surface area is 176 Å². The molecule has 0 fully saturated rings. The third kappa shape index (κ3) is 3.31. The summed E-state index contributed by atoms with van der Waals surface area (Å²) in [6.45, 7) is 3.93. The van der Waals surface area contributed by atoms with Gasteiger partial charge in [-0.25, -0.2) is 19.3 Å². The molecular weight excluding hydrogens is 395 g/mol. The van der Waals surface area contributed by atoms with E-state index >= 15 is 0 Å². The highest BCUT2D eigenvalue weighted by Gasteiger charge is 2.18. The van der Waals surface area contributed by atoms with Crippen LogP contribution in [0.2, 0.25) is 0 Å². The van der Waals surface area contributed by atoms with Crippen LogP contribution in [-0.4, -0.2) is 24.5 Å². The van der Waals surface area contributed by atoms with Gasteiger partial charge in [-0.3, -0.25) is 9.36 Å². The fraction of sp³-hybridized carbons (Fsp3) is 0.130. The van der Waals surface area contributed by atoms with Gasteiger partial charge in [0, 0.05) is 11.4 Å². The van der Waals surface area contributed by atoms with Crippen molar-refractivity contribution in [2.24, 2.45) is 0 Å². The van der Waals surface area contributed by atoms with Crippen molar-refractivity contribution in [3.05, 3.63) is 88.6 Å². The van der Waals surface area contributed by atoms with Crippen molar-refractivity contribution in [1.29, 1.82) is 0 Å². The topological polar surface area (TPSA) is 88.5 Å². The predicted octanol–water partition coefficient (Wildman–Crippen LogP) is 4.28. The van der Waals surface area contributed by atoms with Gasteiger partial charge >= 0.3 is 0 Å². The van der Waals surface area contributed by atoms with Crippen LogP contribution in [0, 0.1) is 12.7 Å². The molecule has 0 unspecified atom stereocenters. The monoisotopic (exact) mass is 414 g/mol. The Hall–Kier alpha value is -4.07. The Bertz CT molecular complexity index is 1470. The minimum Gasteiger partial charge on any atom is -0.360 e. The normalized spacial score (nSPS) is 12.4. The van der Waals surface area contributed by atoms with Crippen LogP contribution in [0.1, 0.15) is 24.2 Å². The molecule has 0 saturated heterocycles. The average molecular weight is 414 g/mol. The third-order valence-electron chi connectivity index (χ3n) is 5.32. The van der Waals surface area contributed by atoms with E-state index in [0.717, 1.165) is 11.3 Å². The van der Waals surface area contributed by atoms with Gasteiger partial charge in [0.2, 0.25) is 0 Å². The Morgan fingerprint density at radius 1 is 1.06 bits per heavy atom. The van der Waals surface area contributed by atoms with Crippen LogP contribution >= 0.6 is 0 Å². The quantitative estimate of drug-likeness (QED) is 0.458. The fourth-order valence-electron chi connectivity index (χ4n) is 3.73. The number of nitrogens with zero attached hydrogens (tertiary/aromatic N) is 4. The molecule has 0 spiro atoms. The van der Waals surface area contributed by atoms with E-state index in [1.54, 1.807) is 17.0 Å². The number of halogens is 1. The van der Waals surface area contributed by atoms with Gasteiger partial charge in [0.05, 0.1) is 17.8 Å². The van der Waals surface area contributed by atoms with Gasteiger partial charge < -0.3 is 10.3 Å². The van der Waals surface area contributed by atoms with Crippen LogP contribution in [0.5, 0.6) is 0 Å². The second-order valence-corrected chi connectivity index (χ2v) is 7.47. The molecule has 0 aliphatic rings. The van der Waals surface area contributed by atoms with Crippen molar-refractivity contribution in [2.75, 3.05) is 5.32 Å². The number of hydrogen-bond acceptors (Lipinski definition) is 5. The van der Waals surface area contributed by atoms with Crippen LogP contribution in [-0.2, 0) is 0 Å². The number of rotatable bonds is 4. The lowest BCUT2D eigenvalue weighted by Gasteiger charge is -2.21. The molecule has 8 heteroatoms. The number of aromatic nitrogens is 5. The summed E-state index contributed by atoms with van der Waals surface area (Å²) < 4.78 is 15.5. The van der Waals surface area contributed by atoms with E-state index in [4.69, 9.17) is 0 Å². The number of anilines is 1. The zero-order valence-corrected chi connectivity index (χ0v) is 16.9. The molecule has 0 aliphatic carbocycles. The van der Waals surface area contributed by atoms with E-state index in [1.807, 2.05) is 44.2 Å². The number of imidazole rings is 1. The van der Waals surface area contributed by atoms with Crippen molar-refractivity contribution >= 4 is 27.8 Å². The second-order valence-electron chi connectivity index (χ2n) is 7.47. The number of pyridine rings is 1. The summed E-state index contributed by atoms with van der Waals surface area (Å²) in [6.07, 6.45) is 3.00. The van der Waals surface area contributed by atoms with Crippen molar-refractivity contribution in [2.45, 2.75) is 19.9 Å². The molecule has 2 aromatic carbocycles. The number of fused-ring (bicyclic) bond motifs is 2. The number of nitrogens with one attached hydrogen (secondary N) is 2. The smallest absolute Gasteiger partial charge is 0.263 e. The maximum absolute atomic E-state index is 13.9. The molecule has 1 atom stereocenters. The Morgan fingerprint density at radius 2 is 1.87 bits per heavy atom. The molecule has 5 aromatic rings. The Kier molecular flexibility index (Phi) is 4.47. The molecular formula is C23H19FN6O. The third-order valence-corrected chi connectivity index (χ3v) is 5.32. The van der Waals surface area contributed by atoms with Crippen LogP contribution in [0.4, 0.5) is 10.2 Å². The van der Waals surface area contributed by atoms with E-state index in [0.29, 0.717) is 33.4 Å². The first-order chi connectivity index (χ1) is 15.0. The molecule has 0 radical (unpaired) electrons. The van der Waals surface area contributed by atoms with E-state index in [9.17, 15) is 9.18 Å². The fourth-order valence-corrected chi connectivity index (χ4v) is 3.73. The van der Waals surface area contributed by atoms with Crippen LogP contribution in [0.15, 0.2) is 66.0 Å². The number of H-pyrrole nitrogens is 1. The number of aromatic amines is 1. The molecule has 154 valence electrons. The van der Waals surface area contributed by atoms with Crippen molar-refractivity contribution in [1.82, 2.24) is 24.5 Å². The minimum atomic E-state index is -0.443. The van der Waals surface area contributed by atoms with Gasteiger partial charge in [-0.05, 0) is 49.6 Å². The second kappa shape index (κ2) is 7.32. The zero-order valence-electron chi connectivity index (χ0n) is 16.9. The first-order valence-electron chi connectivity index (χ1n) is 9.84. The molecule has 3 aromatic heterocycles. The summed E-state index contributed by atoms with van der Waals surface area (Å²) in [5, 5.41) is 4.36. The summed E-state index contributed by atoms with van der Waals surface area (Å²) in [5.74, 6) is 0.138. The molecule has 0 bridgehead atoms. The first-order valence-corrected chi connectivity index (χ1v) is 9.84. The lowest BCUT2D eigenvalue weighted by atomic mass is 10.1. The number of benzene rings is 2. The van der Waals surface area contributed by atoms with Gasteiger partial charge in [0.15, 0.2) is 11.5 Å². The highest BCUT2D eigenvalue weighted by molar-refractivity contribution is 5.84. The molecule has 3 heterocycles. The van der Waals surface area contributed by atoms with Crippen molar-refractivity contribution in [3.63, 3.8) is 0 Å². The maximum Gasteiger partial charge on any atom is 0.263 e. The summed E-state index contributed by atoms with van der Waals surface area (Å²) in [6, 6.07) is 13.5. The Balaban J connectivity index is 1.70. The summed E-state index contributed by atoms with van der Waals surface area (Å²) >= 11 is 0.